The first-order chi connectivity index (χ1) is 11.1. The van der Waals surface area contributed by atoms with Gasteiger partial charge in [-0.1, -0.05) is 11.6 Å². The van der Waals surface area contributed by atoms with Crippen molar-refractivity contribution in [3.8, 4) is 0 Å². The zero-order valence-corrected chi connectivity index (χ0v) is 14.8. The van der Waals surface area contributed by atoms with Gasteiger partial charge in [-0.2, -0.15) is 0 Å². The van der Waals surface area contributed by atoms with Gasteiger partial charge in [-0.15, -0.1) is 0 Å². The summed E-state index contributed by atoms with van der Waals surface area (Å²) in [5, 5.41) is 1.94. The first-order valence-electron chi connectivity index (χ1n) is 8.30. The van der Waals surface area contributed by atoms with Crippen molar-refractivity contribution in [2.24, 2.45) is 0 Å². The summed E-state index contributed by atoms with van der Waals surface area (Å²) >= 11 is 6.08. The molecule has 3 rings (SSSR count). The van der Waals surface area contributed by atoms with Crippen LogP contribution in [0.4, 0.5) is 5.69 Å². The van der Waals surface area contributed by atoms with Crippen LogP contribution in [0.2, 0.25) is 5.02 Å². The molecule has 2 heterocycles. The van der Waals surface area contributed by atoms with Crippen molar-refractivity contribution >= 4 is 28.2 Å². The quantitative estimate of drug-likeness (QED) is 0.839. The standard InChI is InChI=1S/C18H25ClN4/c1-21(2)8-3-9-22-10-12-23(13-11-22)18-6-7-20-17-14-15(19)4-5-16(17)18/h4-7,14H,3,8-13H2,1-2H3. The van der Waals surface area contributed by atoms with Crippen LogP contribution in [0, 0.1) is 0 Å². The molecule has 1 aromatic carbocycles. The summed E-state index contributed by atoms with van der Waals surface area (Å²) in [7, 11) is 4.28. The van der Waals surface area contributed by atoms with E-state index in [1.54, 1.807) is 0 Å². The molecular formula is C18H25ClN4. The molecule has 0 radical (unpaired) electrons. The molecule has 0 saturated carbocycles. The van der Waals surface area contributed by atoms with Crippen molar-refractivity contribution in [2.75, 3.05) is 58.3 Å². The van der Waals surface area contributed by atoms with Gasteiger partial charge in [-0.3, -0.25) is 9.88 Å². The number of fused-ring (bicyclic) bond motifs is 1. The SMILES string of the molecule is CN(C)CCCN1CCN(c2ccnc3cc(Cl)ccc23)CC1. The third-order valence-corrected chi connectivity index (χ3v) is 4.71. The Morgan fingerprint density at radius 1 is 1.13 bits per heavy atom. The number of nitrogens with zero attached hydrogens (tertiary/aromatic N) is 4. The monoisotopic (exact) mass is 332 g/mol. The minimum atomic E-state index is 0.743. The molecule has 0 N–H and O–H groups in total. The Labute approximate surface area is 143 Å². The maximum absolute atomic E-state index is 6.08. The molecule has 0 aliphatic carbocycles. The Morgan fingerprint density at radius 3 is 2.65 bits per heavy atom. The highest BCUT2D eigenvalue weighted by atomic mass is 35.5. The molecule has 0 amide bonds. The van der Waals surface area contributed by atoms with Crippen LogP contribution in [0.15, 0.2) is 30.5 Å². The van der Waals surface area contributed by atoms with Crippen LogP contribution in [0.1, 0.15) is 6.42 Å². The molecule has 0 bridgehead atoms. The third-order valence-electron chi connectivity index (χ3n) is 4.47. The zero-order valence-electron chi connectivity index (χ0n) is 14.0. The summed E-state index contributed by atoms with van der Waals surface area (Å²) in [6, 6.07) is 8.10. The smallest absolute Gasteiger partial charge is 0.0737 e. The Balaban J connectivity index is 1.64. The van der Waals surface area contributed by atoms with Crippen molar-refractivity contribution < 1.29 is 0 Å². The normalized spacial score (nSPS) is 16.4. The number of piperazine rings is 1. The largest absolute Gasteiger partial charge is 0.368 e. The predicted molar refractivity (Wildman–Crippen MR) is 98.6 cm³/mol. The molecule has 2 aromatic rings. The van der Waals surface area contributed by atoms with Crippen LogP contribution >= 0.6 is 11.6 Å². The Morgan fingerprint density at radius 2 is 1.91 bits per heavy atom. The van der Waals surface area contributed by atoms with E-state index in [1.165, 1.54) is 24.0 Å². The molecule has 1 aliphatic rings. The van der Waals surface area contributed by atoms with Crippen molar-refractivity contribution in [1.82, 2.24) is 14.8 Å². The van der Waals surface area contributed by atoms with Crippen LogP contribution in [0.25, 0.3) is 10.9 Å². The molecule has 0 unspecified atom stereocenters. The maximum Gasteiger partial charge on any atom is 0.0737 e. The average Bonchev–Trinajstić information content (AvgIpc) is 2.54. The van der Waals surface area contributed by atoms with Crippen molar-refractivity contribution in [2.45, 2.75) is 6.42 Å². The number of pyridine rings is 1. The van der Waals surface area contributed by atoms with Crippen LogP contribution in [-0.2, 0) is 0 Å². The fourth-order valence-corrected chi connectivity index (χ4v) is 3.37. The fourth-order valence-electron chi connectivity index (χ4n) is 3.20. The first-order valence-corrected chi connectivity index (χ1v) is 8.67. The van der Waals surface area contributed by atoms with Gasteiger partial charge in [-0.25, -0.2) is 0 Å². The van der Waals surface area contributed by atoms with Gasteiger partial charge in [-0.05, 0) is 57.9 Å². The van der Waals surface area contributed by atoms with E-state index in [-0.39, 0.29) is 0 Å². The summed E-state index contributed by atoms with van der Waals surface area (Å²) in [5.41, 5.74) is 2.25. The van der Waals surface area contributed by atoms with Gasteiger partial charge in [0, 0.05) is 48.5 Å². The average molecular weight is 333 g/mol. The second kappa shape index (κ2) is 7.47. The number of aromatic nitrogens is 1. The van der Waals surface area contributed by atoms with Gasteiger partial charge in [0.1, 0.15) is 0 Å². The Bertz CT molecular complexity index is 651. The summed E-state index contributed by atoms with van der Waals surface area (Å²) in [6.07, 6.45) is 3.13. The lowest BCUT2D eigenvalue weighted by Crippen LogP contribution is -2.47. The number of halogens is 1. The van der Waals surface area contributed by atoms with E-state index in [0.29, 0.717) is 0 Å². The second-order valence-corrected chi connectivity index (χ2v) is 6.91. The van der Waals surface area contributed by atoms with Crippen LogP contribution in [0.3, 0.4) is 0 Å². The van der Waals surface area contributed by atoms with Gasteiger partial charge < -0.3 is 9.80 Å². The highest BCUT2D eigenvalue weighted by Crippen LogP contribution is 2.28. The predicted octanol–water partition coefficient (Wildman–Crippen LogP) is 2.96. The lowest BCUT2D eigenvalue weighted by Gasteiger charge is -2.36. The van der Waals surface area contributed by atoms with E-state index in [2.05, 4.69) is 45.9 Å². The summed E-state index contributed by atoms with van der Waals surface area (Å²) in [4.78, 5) is 11.7. The van der Waals surface area contributed by atoms with E-state index in [4.69, 9.17) is 11.6 Å². The fraction of sp³-hybridized carbons (Fsp3) is 0.500. The molecule has 1 aromatic heterocycles. The molecular weight excluding hydrogens is 308 g/mol. The Kier molecular flexibility index (Phi) is 5.36. The molecule has 0 spiro atoms. The van der Waals surface area contributed by atoms with E-state index in [1.807, 2.05) is 18.3 Å². The van der Waals surface area contributed by atoms with Gasteiger partial charge in [0.15, 0.2) is 0 Å². The van der Waals surface area contributed by atoms with E-state index in [0.717, 1.165) is 43.3 Å². The van der Waals surface area contributed by atoms with Crippen molar-refractivity contribution in [1.29, 1.82) is 0 Å². The minimum Gasteiger partial charge on any atom is -0.368 e. The number of hydrogen-bond donors (Lipinski definition) is 0. The minimum absolute atomic E-state index is 0.743. The summed E-state index contributed by atoms with van der Waals surface area (Å²) in [6.45, 7) is 6.76. The van der Waals surface area contributed by atoms with E-state index < -0.39 is 0 Å². The Hall–Kier alpha value is -1.36. The van der Waals surface area contributed by atoms with E-state index >= 15 is 0 Å². The molecule has 124 valence electrons. The topological polar surface area (TPSA) is 22.6 Å². The van der Waals surface area contributed by atoms with E-state index in [9.17, 15) is 0 Å². The van der Waals surface area contributed by atoms with Gasteiger partial charge in [0.2, 0.25) is 0 Å². The summed E-state index contributed by atoms with van der Waals surface area (Å²) in [5.74, 6) is 0. The van der Waals surface area contributed by atoms with Gasteiger partial charge in [0.05, 0.1) is 5.52 Å². The number of rotatable bonds is 5. The van der Waals surface area contributed by atoms with Crippen molar-refractivity contribution in [3.05, 3.63) is 35.5 Å². The molecule has 1 aliphatic heterocycles. The highest BCUT2D eigenvalue weighted by molar-refractivity contribution is 6.31. The van der Waals surface area contributed by atoms with Crippen LogP contribution in [0.5, 0.6) is 0 Å². The molecule has 5 heteroatoms. The number of benzene rings is 1. The number of anilines is 1. The lowest BCUT2D eigenvalue weighted by atomic mass is 10.1. The zero-order chi connectivity index (χ0) is 16.2. The molecule has 4 nitrogen and oxygen atoms in total. The highest BCUT2D eigenvalue weighted by Gasteiger charge is 2.18. The molecule has 23 heavy (non-hydrogen) atoms. The molecule has 0 atom stereocenters. The van der Waals surface area contributed by atoms with Crippen LogP contribution in [-0.4, -0.2) is 68.1 Å². The maximum atomic E-state index is 6.08. The second-order valence-electron chi connectivity index (χ2n) is 6.48. The molecule has 1 fully saturated rings. The summed E-state index contributed by atoms with van der Waals surface area (Å²) < 4.78 is 0. The molecule has 1 saturated heterocycles. The number of hydrogen-bond acceptors (Lipinski definition) is 4. The van der Waals surface area contributed by atoms with Crippen LogP contribution < -0.4 is 4.90 Å². The van der Waals surface area contributed by atoms with Crippen molar-refractivity contribution in [3.63, 3.8) is 0 Å². The van der Waals surface area contributed by atoms with Gasteiger partial charge in [0.25, 0.3) is 0 Å². The van der Waals surface area contributed by atoms with Gasteiger partial charge >= 0.3 is 0 Å². The lowest BCUT2D eigenvalue weighted by molar-refractivity contribution is 0.242. The third kappa shape index (κ3) is 4.14. The first kappa shape index (κ1) is 16.5.